The van der Waals surface area contributed by atoms with Gasteiger partial charge in [-0.05, 0) is 19.3 Å². The lowest BCUT2D eigenvalue weighted by Crippen LogP contribution is -2.37. The second-order valence-electron chi connectivity index (χ2n) is 4.12. The van der Waals surface area contributed by atoms with Crippen molar-refractivity contribution in [3.63, 3.8) is 0 Å². The van der Waals surface area contributed by atoms with Gasteiger partial charge < -0.3 is 14.7 Å². The van der Waals surface area contributed by atoms with Gasteiger partial charge in [-0.15, -0.1) is 0 Å². The summed E-state index contributed by atoms with van der Waals surface area (Å²) in [7, 11) is 1.79. The topological polar surface area (TPSA) is 66.8 Å². The minimum atomic E-state index is -0.801. The van der Waals surface area contributed by atoms with E-state index >= 15 is 0 Å². The zero-order valence-corrected chi connectivity index (χ0v) is 9.65. The van der Waals surface area contributed by atoms with Crippen LogP contribution < -0.4 is 0 Å². The van der Waals surface area contributed by atoms with E-state index in [9.17, 15) is 9.59 Å². The van der Waals surface area contributed by atoms with E-state index in [1.165, 1.54) is 0 Å². The normalized spacial score (nSPS) is 19.7. The van der Waals surface area contributed by atoms with Gasteiger partial charge in [0.25, 0.3) is 0 Å². The number of likely N-dealkylation sites (N-methyl/N-ethyl adjacent to an activating group) is 1. The predicted molar refractivity (Wildman–Crippen MR) is 58.1 cm³/mol. The minimum absolute atomic E-state index is 0.0842. The number of hydrogen-bond donors (Lipinski definition) is 1. The van der Waals surface area contributed by atoms with Crippen LogP contribution in [-0.4, -0.2) is 48.2 Å². The van der Waals surface area contributed by atoms with Gasteiger partial charge in [-0.25, -0.2) is 0 Å². The fourth-order valence-electron chi connectivity index (χ4n) is 1.76. The SMILES string of the molecule is CN(C(=O)CCCCC(=O)O)C1CCOC1. The highest BCUT2D eigenvalue weighted by atomic mass is 16.5. The molecule has 0 radical (unpaired) electrons. The standard InChI is InChI=1S/C11H19NO4/c1-12(9-6-7-16-8-9)10(13)4-2-3-5-11(14)15/h9H,2-8H2,1H3,(H,14,15). The molecule has 5 heteroatoms. The van der Waals surface area contributed by atoms with Gasteiger partial charge in [0.1, 0.15) is 0 Å². The number of carbonyl (C=O) groups excluding carboxylic acids is 1. The summed E-state index contributed by atoms with van der Waals surface area (Å²) < 4.78 is 5.21. The Bertz CT molecular complexity index is 248. The van der Waals surface area contributed by atoms with E-state index in [2.05, 4.69) is 0 Å². The largest absolute Gasteiger partial charge is 0.481 e. The molecule has 1 amide bonds. The molecule has 1 N–H and O–H groups in total. The molecule has 5 nitrogen and oxygen atoms in total. The molecule has 1 atom stereocenters. The zero-order chi connectivity index (χ0) is 12.0. The van der Waals surface area contributed by atoms with Gasteiger partial charge >= 0.3 is 5.97 Å². The van der Waals surface area contributed by atoms with Gasteiger partial charge in [-0.2, -0.15) is 0 Å². The number of aliphatic carboxylic acids is 1. The van der Waals surface area contributed by atoms with E-state index in [1.807, 2.05) is 0 Å². The summed E-state index contributed by atoms with van der Waals surface area (Å²) in [6.45, 7) is 1.35. The van der Waals surface area contributed by atoms with Gasteiger partial charge in [-0.1, -0.05) is 0 Å². The Morgan fingerprint density at radius 1 is 1.38 bits per heavy atom. The van der Waals surface area contributed by atoms with Crippen molar-refractivity contribution < 1.29 is 19.4 Å². The summed E-state index contributed by atoms with van der Waals surface area (Å²) in [5, 5.41) is 8.45. The van der Waals surface area contributed by atoms with Crippen molar-refractivity contribution in [1.82, 2.24) is 4.90 Å². The van der Waals surface area contributed by atoms with Gasteiger partial charge in [-0.3, -0.25) is 9.59 Å². The molecule has 0 aromatic rings. The third-order valence-corrected chi connectivity index (χ3v) is 2.88. The average molecular weight is 229 g/mol. The van der Waals surface area contributed by atoms with E-state index in [4.69, 9.17) is 9.84 Å². The molecule has 1 fully saturated rings. The molecule has 1 saturated heterocycles. The van der Waals surface area contributed by atoms with Crippen LogP contribution in [-0.2, 0) is 14.3 Å². The molecular weight excluding hydrogens is 210 g/mol. The van der Waals surface area contributed by atoms with E-state index in [0.29, 0.717) is 25.9 Å². The van der Waals surface area contributed by atoms with Crippen molar-refractivity contribution in [2.75, 3.05) is 20.3 Å². The summed E-state index contributed by atoms with van der Waals surface area (Å²) in [5.74, 6) is -0.717. The van der Waals surface area contributed by atoms with Gasteiger partial charge in [0.2, 0.25) is 5.91 Å². The number of amides is 1. The second kappa shape index (κ2) is 6.48. The Morgan fingerprint density at radius 3 is 2.62 bits per heavy atom. The fraction of sp³-hybridized carbons (Fsp3) is 0.818. The summed E-state index contributed by atoms with van der Waals surface area (Å²) in [4.78, 5) is 23.7. The Morgan fingerprint density at radius 2 is 2.06 bits per heavy atom. The maximum atomic E-state index is 11.7. The summed E-state index contributed by atoms with van der Waals surface area (Å²) in [5.41, 5.74) is 0. The van der Waals surface area contributed by atoms with E-state index in [0.717, 1.165) is 13.0 Å². The molecule has 1 rings (SSSR count). The van der Waals surface area contributed by atoms with Crippen molar-refractivity contribution in [3.05, 3.63) is 0 Å². The molecule has 1 unspecified atom stereocenters. The number of carboxylic acids is 1. The van der Waals surface area contributed by atoms with Crippen LogP contribution in [0.2, 0.25) is 0 Å². The molecule has 0 spiro atoms. The first kappa shape index (κ1) is 13.0. The first-order valence-corrected chi connectivity index (χ1v) is 5.66. The van der Waals surface area contributed by atoms with Crippen LogP contribution in [0.3, 0.4) is 0 Å². The number of unbranched alkanes of at least 4 members (excludes halogenated alkanes) is 1. The molecule has 1 heterocycles. The van der Waals surface area contributed by atoms with Crippen LogP contribution in [0.25, 0.3) is 0 Å². The third kappa shape index (κ3) is 4.18. The predicted octanol–water partition coefficient (Wildman–Crippen LogP) is 0.879. The number of carboxylic acid groups (broad SMARTS) is 1. The quantitative estimate of drug-likeness (QED) is 0.686. The highest BCUT2D eigenvalue weighted by molar-refractivity contribution is 5.76. The second-order valence-corrected chi connectivity index (χ2v) is 4.12. The summed E-state index contributed by atoms with van der Waals surface area (Å²) in [6.07, 6.45) is 2.68. The van der Waals surface area contributed by atoms with E-state index in [-0.39, 0.29) is 18.4 Å². The van der Waals surface area contributed by atoms with Gasteiger partial charge in [0.05, 0.1) is 12.6 Å². The summed E-state index contributed by atoms with van der Waals surface area (Å²) in [6, 6.07) is 0.201. The molecule has 0 bridgehead atoms. The molecule has 0 saturated carbocycles. The Labute approximate surface area is 95.4 Å². The highest BCUT2D eigenvalue weighted by Gasteiger charge is 2.23. The lowest BCUT2D eigenvalue weighted by Gasteiger charge is -2.23. The smallest absolute Gasteiger partial charge is 0.303 e. The number of ether oxygens (including phenoxy) is 1. The number of nitrogens with zero attached hydrogens (tertiary/aromatic N) is 1. The molecule has 92 valence electrons. The van der Waals surface area contributed by atoms with Crippen LogP contribution in [0.15, 0.2) is 0 Å². The fourth-order valence-corrected chi connectivity index (χ4v) is 1.76. The number of hydrogen-bond acceptors (Lipinski definition) is 3. The Hall–Kier alpha value is -1.10. The maximum Gasteiger partial charge on any atom is 0.303 e. The van der Waals surface area contributed by atoms with Crippen molar-refractivity contribution in [3.8, 4) is 0 Å². The highest BCUT2D eigenvalue weighted by Crippen LogP contribution is 2.12. The molecule has 1 aliphatic rings. The lowest BCUT2D eigenvalue weighted by molar-refractivity contribution is -0.137. The molecule has 0 aliphatic carbocycles. The van der Waals surface area contributed by atoms with Crippen LogP contribution in [0, 0.1) is 0 Å². The van der Waals surface area contributed by atoms with Crippen molar-refractivity contribution in [2.45, 2.75) is 38.1 Å². The molecular formula is C11H19NO4. The van der Waals surface area contributed by atoms with Crippen molar-refractivity contribution >= 4 is 11.9 Å². The average Bonchev–Trinajstić information content (AvgIpc) is 2.76. The first-order valence-electron chi connectivity index (χ1n) is 5.66. The van der Waals surface area contributed by atoms with Crippen LogP contribution in [0.1, 0.15) is 32.1 Å². The maximum absolute atomic E-state index is 11.7. The van der Waals surface area contributed by atoms with Gasteiger partial charge in [0.15, 0.2) is 0 Å². The number of carbonyl (C=O) groups is 2. The van der Waals surface area contributed by atoms with E-state index in [1.54, 1.807) is 11.9 Å². The lowest BCUT2D eigenvalue weighted by atomic mass is 10.1. The van der Waals surface area contributed by atoms with Crippen molar-refractivity contribution in [2.24, 2.45) is 0 Å². The summed E-state index contributed by atoms with van der Waals surface area (Å²) >= 11 is 0. The van der Waals surface area contributed by atoms with Crippen LogP contribution in [0.4, 0.5) is 0 Å². The van der Waals surface area contributed by atoms with Crippen LogP contribution in [0.5, 0.6) is 0 Å². The van der Waals surface area contributed by atoms with E-state index < -0.39 is 5.97 Å². The Kier molecular flexibility index (Phi) is 5.25. The third-order valence-electron chi connectivity index (χ3n) is 2.88. The molecule has 0 aromatic carbocycles. The van der Waals surface area contributed by atoms with Crippen molar-refractivity contribution in [1.29, 1.82) is 0 Å². The van der Waals surface area contributed by atoms with Crippen LogP contribution >= 0.6 is 0 Å². The zero-order valence-electron chi connectivity index (χ0n) is 9.65. The first-order chi connectivity index (χ1) is 7.61. The monoisotopic (exact) mass is 229 g/mol. The van der Waals surface area contributed by atoms with Gasteiger partial charge in [0, 0.05) is 26.5 Å². The minimum Gasteiger partial charge on any atom is -0.481 e. The molecule has 1 aliphatic heterocycles. The molecule has 0 aromatic heterocycles. The molecule has 16 heavy (non-hydrogen) atoms. The Balaban J connectivity index is 2.15. The number of rotatable bonds is 6.